The number of rotatable bonds is 3. The smallest absolute Gasteiger partial charge is 0.337 e. The Kier molecular flexibility index (Phi) is 2.93. The Balaban J connectivity index is 2.19. The van der Waals surface area contributed by atoms with Gasteiger partial charge in [-0.2, -0.15) is 0 Å². The molecule has 1 aromatic carbocycles. The lowest BCUT2D eigenvalue weighted by molar-refractivity contribution is 0.0696. The highest BCUT2D eigenvalue weighted by Gasteiger charge is 2.30. The van der Waals surface area contributed by atoms with Crippen molar-refractivity contribution in [3.63, 3.8) is 0 Å². The number of nitrogens with zero attached hydrogens (tertiary/aromatic N) is 1. The molecule has 0 spiro atoms. The zero-order valence-electron chi connectivity index (χ0n) is 12.1. The summed E-state index contributed by atoms with van der Waals surface area (Å²) in [6.07, 6.45) is 2.29. The van der Waals surface area contributed by atoms with E-state index in [2.05, 4.69) is 36.6 Å². The minimum absolute atomic E-state index is 0.421. The predicted octanol–water partition coefficient (Wildman–Crippen LogP) is 4.11. The molecule has 0 saturated heterocycles. The quantitative estimate of drug-likeness (QED) is 0.911. The minimum atomic E-state index is -0.841. The van der Waals surface area contributed by atoms with Gasteiger partial charge in [0, 0.05) is 17.4 Å². The molecular weight excluding hydrogens is 250 g/mol. The molecule has 0 atom stereocenters. The summed E-state index contributed by atoms with van der Waals surface area (Å²) in [5.74, 6) is -0.841. The number of aromatic nitrogens is 1. The molecule has 0 aliphatic heterocycles. The van der Waals surface area contributed by atoms with E-state index in [1.807, 2.05) is 13.0 Å². The second-order valence-electron chi connectivity index (χ2n) is 5.73. The largest absolute Gasteiger partial charge is 0.478 e. The Morgan fingerprint density at radius 2 is 1.85 bits per heavy atom. The molecule has 1 N–H and O–H groups in total. The van der Waals surface area contributed by atoms with Gasteiger partial charge in [0.15, 0.2) is 0 Å². The van der Waals surface area contributed by atoms with Gasteiger partial charge >= 0.3 is 5.97 Å². The van der Waals surface area contributed by atoms with Gasteiger partial charge in [0.2, 0.25) is 0 Å². The molecule has 0 amide bonds. The van der Waals surface area contributed by atoms with E-state index in [4.69, 9.17) is 0 Å². The van der Waals surface area contributed by atoms with Crippen molar-refractivity contribution in [3.8, 4) is 11.3 Å². The number of carboxylic acids is 1. The number of hydrogen-bond donors (Lipinski definition) is 1. The summed E-state index contributed by atoms with van der Waals surface area (Å²) in [6, 6.07) is 8.63. The van der Waals surface area contributed by atoms with Crippen LogP contribution in [-0.2, 0) is 0 Å². The van der Waals surface area contributed by atoms with Crippen LogP contribution < -0.4 is 0 Å². The molecule has 1 aliphatic rings. The van der Waals surface area contributed by atoms with Crippen molar-refractivity contribution >= 4 is 5.97 Å². The fraction of sp³-hybridized carbons (Fsp3) is 0.353. The highest BCUT2D eigenvalue weighted by molar-refractivity contribution is 5.91. The molecule has 0 unspecified atom stereocenters. The zero-order valence-corrected chi connectivity index (χ0v) is 12.1. The molecule has 1 fully saturated rings. The van der Waals surface area contributed by atoms with Gasteiger partial charge in [-0.05, 0) is 62.4 Å². The fourth-order valence-electron chi connectivity index (χ4n) is 2.76. The summed E-state index contributed by atoms with van der Waals surface area (Å²) in [6.45, 7) is 6.09. The molecule has 0 radical (unpaired) electrons. The van der Waals surface area contributed by atoms with Crippen molar-refractivity contribution in [2.24, 2.45) is 0 Å². The molecule has 3 rings (SSSR count). The van der Waals surface area contributed by atoms with E-state index >= 15 is 0 Å². The topological polar surface area (TPSA) is 42.2 Å². The highest BCUT2D eigenvalue weighted by atomic mass is 16.4. The summed E-state index contributed by atoms with van der Waals surface area (Å²) in [5, 5.41) is 9.34. The van der Waals surface area contributed by atoms with Gasteiger partial charge in [-0.3, -0.25) is 0 Å². The maximum atomic E-state index is 11.4. The molecule has 1 saturated carbocycles. The van der Waals surface area contributed by atoms with Crippen LogP contribution in [0, 0.1) is 20.8 Å². The van der Waals surface area contributed by atoms with Gasteiger partial charge in [-0.15, -0.1) is 0 Å². The van der Waals surface area contributed by atoms with Crippen LogP contribution in [0.4, 0.5) is 0 Å². The van der Waals surface area contributed by atoms with Gasteiger partial charge in [-0.25, -0.2) is 4.79 Å². The average molecular weight is 269 g/mol. The molecule has 1 heterocycles. The van der Waals surface area contributed by atoms with Crippen molar-refractivity contribution in [1.29, 1.82) is 0 Å². The first-order valence-electron chi connectivity index (χ1n) is 7.02. The Hall–Kier alpha value is -2.03. The lowest BCUT2D eigenvalue weighted by Gasteiger charge is -2.12. The molecule has 1 aromatic heterocycles. The molecule has 3 nitrogen and oxygen atoms in total. The molecule has 3 heteroatoms. The van der Waals surface area contributed by atoms with Gasteiger partial charge < -0.3 is 9.67 Å². The third-order valence-electron chi connectivity index (χ3n) is 4.24. The monoisotopic (exact) mass is 269 g/mol. The third-order valence-corrected chi connectivity index (χ3v) is 4.24. The van der Waals surface area contributed by atoms with E-state index in [-0.39, 0.29) is 0 Å². The van der Waals surface area contributed by atoms with Crippen molar-refractivity contribution < 1.29 is 9.90 Å². The maximum Gasteiger partial charge on any atom is 0.337 e. The maximum absolute atomic E-state index is 11.4. The van der Waals surface area contributed by atoms with Crippen molar-refractivity contribution in [2.75, 3.05) is 0 Å². The van der Waals surface area contributed by atoms with Crippen molar-refractivity contribution in [2.45, 2.75) is 39.7 Å². The van der Waals surface area contributed by atoms with Gasteiger partial charge in [-0.1, -0.05) is 12.1 Å². The lowest BCUT2D eigenvalue weighted by atomic mass is 10.0. The van der Waals surface area contributed by atoms with Gasteiger partial charge in [0.1, 0.15) is 0 Å². The van der Waals surface area contributed by atoms with Crippen LogP contribution in [0.5, 0.6) is 0 Å². The Morgan fingerprint density at radius 3 is 2.40 bits per heavy atom. The van der Waals surface area contributed by atoms with Crippen LogP contribution in [0.25, 0.3) is 11.3 Å². The molecule has 1 aliphatic carbocycles. The summed E-state index contributed by atoms with van der Waals surface area (Å²) >= 11 is 0. The summed E-state index contributed by atoms with van der Waals surface area (Å²) < 4.78 is 2.20. The van der Waals surface area contributed by atoms with Crippen molar-refractivity contribution in [3.05, 3.63) is 46.6 Å². The highest BCUT2D eigenvalue weighted by Crippen LogP contribution is 2.41. The first-order chi connectivity index (χ1) is 9.49. The number of carboxylic acid groups (broad SMARTS) is 1. The fourth-order valence-corrected chi connectivity index (χ4v) is 2.76. The van der Waals surface area contributed by atoms with Gasteiger partial charge in [0.05, 0.1) is 5.56 Å². The van der Waals surface area contributed by atoms with Crippen LogP contribution in [0.15, 0.2) is 24.3 Å². The van der Waals surface area contributed by atoms with Gasteiger partial charge in [0.25, 0.3) is 0 Å². The summed E-state index contributed by atoms with van der Waals surface area (Å²) in [7, 11) is 0. The van der Waals surface area contributed by atoms with Crippen LogP contribution in [0.3, 0.4) is 0 Å². The molecule has 104 valence electrons. The van der Waals surface area contributed by atoms with Crippen LogP contribution in [-0.4, -0.2) is 15.6 Å². The first-order valence-corrected chi connectivity index (χ1v) is 7.02. The molecule has 0 bridgehead atoms. The number of benzene rings is 1. The van der Waals surface area contributed by atoms with E-state index in [1.54, 1.807) is 0 Å². The minimum Gasteiger partial charge on any atom is -0.478 e. The summed E-state index contributed by atoms with van der Waals surface area (Å²) in [4.78, 5) is 11.4. The van der Waals surface area contributed by atoms with Crippen LogP contribution in [0.1, 0.15) is 46.1 Å². The van der Waals surface area contributed by atoms with Crippen LogP contribution in [0.2, 0.25) is 0 Å². The molecular formula is C17H19NO2. The second-order valence-corrected chi connectivity index (χ2v) is 5.73. The normalized spacial score (nSPS) is 14.6. The Labute approximate surface area is 118 Å². The second kappa shape index (κ2) is 4.51. The van der Waals surface area contributed by atoms with E-state index in [0.717, 1.165) is 29.8 Å². The number of carbonyl (C=O) groups is 1. The SMILES string of the molecule is Cc1ccc(-c2cc(C(=O)O)c(C)n2C2CC2)cc1C. The summed E-state index contributed by atoms with van der Waals surface area (Å²) in [5.41, 5.74) is 5.92. The standard InChI is InChI=1S/C17H19NO2/c1-10-4-5-13(8-11(10)2)16-9-15(17(19)20)12(3)18(16)14-6-7-14/h4-5,8-9,14H,6-7H2,1-3H3,(H,19,20). The molecule has 20 heavy (non-hydrogen) atoms. The van der Waals surface area contributed by atoms with Crippen molar-refractivity contribution in [1.82, 2.24) is 4.57 Å². The average Bonchev–Trinajstić information content (AvgIpc) is 3.16. The van der Waals surface area contributed by atoms with E-state index in [1.165, 1.54) is 11.1 Å². The van der Waals surface area contributed by atoms with Crippen LogP contribution >= 0.6 is 0 Å². The third kappa shape index (κ3) is 2.03. The number of aromatic carboxylic acids is 1. The first kappa shape index (κ1) is 13.0. The van der Waals surface area contributed by atoms with E-state index in [0.29, 0.717) is 11.6 Å². The zero-order chi connectivity index (χ0) is 14.4. The molecule has 2 aromatic rings. The number of hydrogen-bond acceptors (Lipinski definition) is 1. The predicted molar refractivity (Wildman–Crippen MR) is 79.3 cm³/mol. The van der Waals surface area contributed by atoms with E-state index < -0.39 is 5.97 Å². The number of aryl methyl sites for hydroxylation is 2. The Morgan fingerprint density at radius 1 is 1.15 bits per heavy atom. The van der Waals surface area contributed by atoms with E-state index in [9.17, 15) is 9.90 Å². The lowest BCUT2D eigenvalue weighted by Crippen LogP contribution is -2.02. The Bertz CT molecular complexity index is 693.